The van der Waals surface area contributed by atoms with Crippen LogP contribution < -0.4 is 0 Å². The molecule has 0 amide bonds. The number of hydrogen-bond acceptors (Lipinski definition) is 2. The van der Waals surface area contributed by atoms with Gasteiger partial charge in [-0.05, 0) is 34.9 Å². The summed E-state index contributed by atoms with van der Waals surface area (Å²) >= 11 is 0. The summed E-state index contributed by atoms with van der Waals surface area (Å²) in [4.78, 5) is 16.4. The van der Waals surface area contributed by atoms with Crippen LogP contribution in [-0.4, -0.2) is 16.1 Å². The number of carbonyl (C=O) groups is 1. The number of nitrogens with zero attached hydrogens (tertiary/aromatic N) is 1. The first-order valence-corrected chi connectivity index (χ1v) is 8.42. The molecular weight excluding hydrogens is 322 g/mol. The van der Waals surface area contributed by atoms with E-state index in [1.165, 1.54) is 0 Å². The molecule has 26 heavy (non-hydrogen) atoms. The van der Waals surface area contributed by atoms with Crippen LogP contribution in [0.15, 0.2) is 79.0 Å². The summed E-state index contributed by atoms with van der Waals surface area (Å²) in [6, 6.07) is 23.4. The maximum Gasteiger partial charge on any atom is 0.337 e. The second-order valence-corrected chi connectivity index (χ2v) is 6.25. The van der Waals surface area contributed by atoms with E-state index in [-0.39, 0.29) is 5.56 Å². The number of carboxylic acid groups (broad SMARTS) is 1. The molecule has 0 saturated carbocycles. The number of aromatic nitrogens is 1. The van der Waals surface area contributed by atoms with Crippen molar-refractivity contribution in [3.8, 4) is 22.4 Å². The van der Waals surface area contributed by atoms with Crippen molar-refractivity contribution in [3.63, 3.8) is 0 Å². The molecule has 0 aliphatic rings. The van der Waals surface area contributed by atoms with Crippen molar-refractivity contribution in [2.24, 2.45) is 0 Å². The van der Waals surface area contributed by atoms with Gasteiger partial charge in [0.15, 0.2) is 0 Å². The Morgan fingerprint density at radius 2 is 1.62 bits per heavy atom. The van der Waals surface area contributed by atoms with E-state index >= 15 is 0 Å². The first-order chi connectivity index (χ1) is 12.6. The van der Waals surface area contributed by atoms with Crippen LogP contribution in [0.2, 0.25) is 0 Å². The van der Waals surface area contributed by atoms with E-state index in [2.05, 4.69) is 11.1 Å². The van der Waals surface area contributed by atoms with E-state index in [9.17, 15) is 9.90 Å². The Labute approximate surface area is 151 Å². The zero-order valence-corrected chi connectivity index (χ0v) is 14.3. The van der Waals surface area contributed by atoms with Gasteiger partial charge < -0.3 is 5.11 Å². The van der Waals surface area contributed by atoms with Crippen LogP contribution in [0.5, 0.6) is 0 Å². The van der Waals surface area contributed by atoms with Gasteiger partial charge in [0.1, 0.15) is 0 Å². The fourth-order valence-corrected chi connectivity index (χ4v) is 3.31. The molecule has 126 valence electrons. The Morgan fingerprint density at radius 3 is 2.38 bits per heavy atom. The molecule has 3 nitrogen and oxygen atoms in total. The standard InChI is InChI=1S/C23H17NO2/c1-15-19-10-6-5-9-17(19)11-12-20(15)22-21(23(25)26)13-18(14-24-22)16-7-3-2-4-8-16/h2-14H,1H3,(H,25,26). The van der Waals surface area contributed by atoms with Crippen molar-refractivity contribution >= 4 is 16.7 Å². The Morgan fingerprint density at radius 1 is 0.885 bits per heavy atom. The third-order valence-corrected chi connectivity index (χ3v) is 4.68. The molecule has 0 spiro atoms. The van der Waals surface area contributed by atoms with Crippen LogP contribution in [0.4, 0.5) is 0 Å². The van der Waals surface area contributed by atoms with Crippen LogP contribution >= 0.6 is 0 Å². The number of hydrogen-bond donors (Lipinski definition) is 1. The van der Waals surface area contributed by atoms with E-state index in [1.807, 2.05) is 67.6 Å². The van der Waals surface area contributed by atoms with E-state index in [4.69, 9.17) is 0 Å². The molecule has 0 saturated heterocycles. The maximum atomic E-state index is 11.9. The highest BCUT2D eigenvalue weighted by atomic mass is 16.4. The minimum absolute atomic E-state index is 0.213. The summed E-state index contributed by atoms with van der Waals surface area (Å²) in [6.07, 6.45) is 1.74. The lowest BCUT2D eigenvalue weighted by Gasteiger charge is -2.12. The number of carboxylic acids is 1. The molecule has 0 atom stereocenters. The van der Waals surface area contributed by atoms with Gasteiger partial charge in [-0.3, -0.25) is 4.98 Å². The maximum absolute atomic E-state index is 11.9. The quantitative estimate of drug-likeness (QED) is 0.530. The zero-order chi connectivity index (χ0) is 18.1. The highest BCUT2D eigenvalue weighted by Crippen LogP contribution is 2.32. The van der Waals surface area contributed by atoms with Crippen LogP contribution in [-0.2, 0) is 0 Å². The molecule has 0 fully saturated rings. The van der Waals surface area contributed by atoms with Crippen molar-refractivity contribution in [3.05, 3.63) is 90.1 Å². The molecular formula is C23H17NO2. The van der Waals surface area contributed by atoms with E-state index < -0.39 is 5.97 Å². The minimum Gasteiger partial charge on any atom is -0.478 e. The largest absolute Gasteiger partial charge is 0.478 e. The van der Waals surface area contributed by atoms with Gasteiger partial charge in [-0.15, -0.1) is 0 Å². The fraction of sp³-hybridized carbons (Fsp3) is 0.0435. The predicted octanol–water partition coefficient (Wildman–Crippen LogP) is 5.58. The lowest BCUT2D eigenvalue weighted by Crippen LogP contribution is -2.03. The van der Waals surface area contributed by atoms with Crippen molar-refractivity contribution in [2.45, 2.75) is 6.92 Å². The van der Waals surface area contributed by atoms with Crippen molar-refractivity contribution in [1.29, 1.82) is 0 Å². The van der Waals surface area contributed by atoms with Crippen molar-refractivity contribution < 1.29 is 9.90 Å². The Hall–Kier alpha value is -3.46. The van der Waals surface area contributed by atoms with Gasteiger partial charge in [0.05, 0.1) is 11.3 Å². The second-order valence-electron chi connectivity index (χ2n) is 6.25. The van der Waals surface area contributed by atoms with Gasteiger partial charge in [0.2, 0.25) is 0 Å². The Balaban J connectivity index is 1.92. The monoisotopic (exact) mass is 339 g/mol. The highest BCUT2D eigenvalue weighted by molar-refractivity contribution is 5.99. The minimum atomic E-state index is -0.974. The van der Waals surface area contributed by atoms with Gasteiger partial charge in [-0.25, -0.2) is 4.79 Å². The summed E-state index contributed by atoms with van der Waals surface area (Å²) in [5.41, 5.74) is 4.34. The number of pyridine rings is 1. The van der Waals surface area contributed by atoms with Gasteiger partial charge in [0.25, 0.3) is 0 Å². The molecule has 1 heterocycles. The Bertz CT molecular complexity index is 1120. The van der Waals surface area contributed by atoms with Gasteiger partial charge in [-0.1, -0.05) is 66.7 Å². The van der Waals surface area contributed by atoms with E-state index in [0.29, 0.717) is 5.69 Å². The molecule has 0 bridgehead atoms. The summed E-state index contributed by atoms with van der Waals surface area (Å²) in [6.45, 7) is 2.01. The summed E-state index contributed by atoms with van der Waals surface area (Å²) in [7, 11) is 0. The first kappa shape index (κ1) is 16.0. The van der Waals surface area contributed by atoms with Crippen LogP contribution in [0.25, 0.3) is 33.2 Å². The third-order valence-electron chi connectivity index (χ3n) is 4.68. The molecule has 0 radical (unpaired) electrons. The number of rotatable bonds is 3. The van der Waals surface area contributed by atoms with Gasteiger partial charge in [-0.2, -0.15) is 0 Å². The fourth-order valence-electron chi connectivity index (χ4n) is 3.31. The van der Waals surface area contributed by atoms with Gasteiger partial charge in [0, 0.05) is 17.3 Å². The number of fused-ring (bicyclic) bond motifs is 1. The highest BCUT2D eigenvalue weighted by Gasteiger charge is 2.17. The zero-order valence-electron chi connectivity index (χ0n) is 14.3. The van der Waals surface area contributed by atoms with E-state index in [0.717, 1.165) is 33.0 Å². The molecule has 3 aromatic carbocycles. The second kappa shape index (κ2) is 6.45. The normalized spacial score (nSPS) is 10.8. The first-order valence-electron chi connectivity index (χ1n) is 8.42. The lowest BCUT2D eigenvalue weighted by molar-refractivity contribution is 0.0697. The lowest BCUT2D eigenvalue weighted by atomic mass is 9.94. The smallest absolute Gasteiger partial charge is 0.337 e. The molecule has 1 N–H and O–H groups in total. The number of benzene rings is 3. The molecule has 0 aliphatic heterocycles. The molecule has 0 unspecified atom stereocenters. The summed E-state index contributed by atoms with van der Waals surface area (Å²) < 4.78 is 0. The topological polar surface area (TPSA) is 50.2 Å². The number of aryl methyl sites for hydroxylation is 1. The molecule has 0 aliphatic carbocycles. The summed E-state index contributed by atoms with van der Waals surface area (Å²) in [5, 5.41) is 12.0. The van der Waals surface area contributed by atoms with Gasteiger partial charge >= 0.3 is 5.97 Å². The number of aromatic carboxylic acids is 1. The molecule has 3 heteroatoms. The summed E-state index contributed by atoms with van der Waals surface area (Å²) in [5.74, 6) is -0.974. The van der Waals surface area contributed by atoms with Crippen LogP contribution in [0.1, 0.15) is 15.9 Å². The molecule has 4 rings (SSSR count). The average Bonchev–Trinajstić information content (AvgIpc) is 2.69. The third kappa shape index (κ3) is 2.74. The average molecular weight is 339 g/mol. The van der Waals surface area contributed by atoms with Crippen molar-refractivity contribution in [2.75, 3.05) is 0 Å². The molecule has 4 aromatic rings. The Kier molecular flexibility index (Phi) is 3.98. The molecule has 1 aromatic heterocycles. The van der Waals surface area contributed by atoms with Crippen LogP contribution in [0.3, 0.4) is 0 Å². The predicted molar refractivity (Wildman–Crippen MR) is 104 cm³/mol. The van der Waals surface area contributed by atoms with E-state index in [1.54, 1.807) is 12.3 Å². The SMILES string of the molecule is Cc1c(-c2ncc(-c3ccccc3)cc2C(=O)O)ccc2ccccc12. The van der Waals surface area contributed by atoms with Crippen LogP contribution in [0, 0.1) is 6.92 Å². The van der Waals surface area contributed by atoms with Crippen molar-refractivity contribution in [1.82, 2.24) is 4.98 Å².